The summed E-state index contributed by atoms with van der Waals surface area (Å²) < 4.78 is 1.75. The molecule has 1 aromatic heterocycles. The number of hydrogen-bond donors (Lipinski definition) is 1. The normalized spacial score (nSPS) is 10.8. The molecule has 0 radical (unpaired) electrons. The van der Waals surface area contributed by atoms with Crippen molar-refractivity contribution in [3.8, 4) is 0 Å². The van der Waals surface area contributed by atoms with Crippen molar-refractivity contribution in [2.45, 2.75) is 6.54 Å². The standard InChI is InChI=1S/C14H17ClN4O/c1-18(8-11-7-16-19(2)9-11)10-14(20)17-13-5-3-12(15)4-6-13/h3-7,9H,8,10H2,1-2H3,(H,17,20). The summed E-state index contributed by atoms with van der Waals surface area (Å²) in [6.45, 7) is 0.999. The number of carbonyl (C=O) groups excluding carboxylic acids is 1. The number of benzene rings is 1. The molecule has 0 bridgehead atoms. The van der Waals surface area contributed by atoms with Crippen molar-refractivity contribution in [3.05, 3.63) is 47.2 Å². The molecule has 0 aliphatic heterocycles. The van der Waals surface area contributed by atoms with Gasteiger partial charge in [-0.1, -0.05) is 11.6 Å². The molecule has 1 amide bonds. The van der Waals surface area contributed by atoms with Gasteiger partial charge < -0.3 is 5.32 Å². The van der Waals surface area contributed by atoms with Crippen molar-refractivity contribution >= 4 is 23.2 Å². The maximum Gasteiger partial charge on any atom is 0.238 e. The number of aryl methyl sites for hydroxylation is 1. The van der Waals surface area contributed by atoms with E-state index in [0.29, 0.717) is 18.1 Å². The highest BCUT2D eigenvalue weighted by atomic mass is 35.5. The lowest BCUT2D eigenvalue weighted by atomic mass is 10.3. The topological polar surface area (TPSA) is 50.2 Å². The molecule has 2 rings (SSSR count). The Hall–Kier alpha value is -1.85. The van der Waals surface area contributed by atoms with Gasteiger partial charge in [-0.25, -0.2) is 0 Å². The molecule has 5 nitrogen and oxygen atoms in total. The van der Waals surface area contributed by atoms with Crippen LogP contribution in [0, 0.1) is 0 Å². The third-order valence-corrected chi connectivity index (χ3v) is 3.00. The van der Waals surface area contributed by atoms with Crippen molar-refractivity contribution in [1.82, 2.24) is 14.7 Å². The van der Waals surface area contributed by atoms with Crippen LogP contribution in [-0.2, 0) is 18.4 Å². The van der Waals surface area contributed by atoms with Crippen LogP contribution in [0.5, 0.6) is 0 Å². The summed E-state index contributed by atoms with van der Waals surface area (Å²) in [7, 11) is 3.77. The van der Waals surface area contributed by atoms with Crippen LogP contribution in [-0.4, -0.2) is 34.2 Å². The molecule has 0 spiro atoms. The van der Waals surface area contributed by atoms with Gasteiger partial charge in [0.1, 0.15) is 0 Å². The van der Waals surface area contributed by atoms with Gasteiger partial charge in [0.15, 0.2) is 0 Å². The Kier molecular flexibility index (Phi) is 4.76. The molecular formula is C14H17ClN4O. The second-order valence-corrected chi connectivity index (χ2v) is 5.19. The second kappa shape index (κ2) is 6.54. The Morgan fingerprint density at radius 1 is 1.40 bits per heavy atom. The van der Waals surface area contributed by atoms with Gasteiger partial charge in [-0.15, -0.1) is 0 Å². The number of aromatic nitrogens is 2. The third kappa shape index (κ3) is 4.36. The number of carbonyl (C=O) groups is 1. The molecule has 20 heavy (non-hydrogen) atoms. The Morgan fingerprint density at radius 3 is 2.70 bits per heavy atom. The second-order valence-electron chi connectivity index (χ2n) is 4.75. The average molecular weight is 293 g/mol. The molecule has 1 heterocycles. The smallest absolute Gasteiger partial charge is 0.238 e. The van der Waals surface area contributed by atoms with Gasteiger partial charge in [0.25, 0.3) is 0 Å². The number of rotatable bonds is 5. The fourth-order valence-corrected chi connectivity index (χ4v) is 2.03. The van der Waals surface area contributed by atoms with Gasteiger partial charge in [-0.3, -0.25) is 14.4 Å². The maximum atomic E-state index is 11.9. The SMILES string of the molecule is CN(CC(=O)Nc1ccc(Cl)cc1)Cc1cnn(C)c1. The number of anilines is 1. The predicted octanol–water partition coefficient (Wildman–Crippen LogP) is 2.14. The lowest BCUT2D eigenvalue weighted by Gasteiger charge is -2.15. The third-order valence-electron chi connectivity index (χ3n) is 2.75. The van der Waals surface area contributed by atoms with Gasteiger partial charge >= 0.3 is 0 Å². The molecule has 6 heteroatoms. The van der Waals surface area contributed by atoms with E-state index < -0.39 is 0 Å². The predicted molar refractivity (Wildman–Crippen MR) is 79.6 cm³/mol. The van der Waals surface area contributed by atoms with E-state index in [0.717, 1.165) is 11.3 Å². The first-order valence-corrected chi connectivity index (χ1v) is 6.62. The van der Waals surface area contributed by atoms with Crippen molar-refractivity contribution in [2.75, 3.05) is 18.9 Å². The zero-order valence-corrected chi connectivity index (χ0v) is 12.3. The quantitative estimate of drug-likeness (QED) is 0.918. The van der Waals surface area contributed by atoms with E-state index in [4.69, 9.17) is 11.6 Å². The largest absolute Gasteiger partial charge is 0.325 e. The number of likely N-dealkylation sites (N-methyl/N-ethyl adjacent to an activating group) is 1. The number of amides is 1. The first-order valence-electron chi connectivity index (χ1n) is 6.24. The molecule has 0 atom stereocenters. The van der Waals surface area contributed by atoms with E-state index in [1.165, 1.54) is 0 Å². The Morgan fingerprint density at radius 2 is 2.10 bits per heavy atom. The van der Waals surface area contributed by atoms with Crippen LogP contribution in [0.2, 0.25) is 5.02 Å². The lowest BCUT2D eigenvalue weighted by molar-refractivity contribution is -0.117. The van der Waals surface area contributed by atoms with E-state index in [1.54, 1.807) is 35.1 Å². The highest BCUT2D eigenvalue weighted by Crippen LogP contribution is 2.13. The van der Waals surface area contributed by atoms with Crippen molar-refractivity contribution in [1.29, 1.82) is 0 Å². The Bertz CT molecular complexity index is 579. The van der Waals surface area contributed by atoms with Crippen LogP contribution in [0.25, 0.3) is 0 Å². The molecule has 0 saturated carbocycles. The minimum atomic E-state index is -0.0567. The van der Waals surface area contributed by atoms with Gasteiger partial charge in [0.2, 0.25) is 5.91 Å². The molecule has 2 aromatic rings. The van der Waals surface area contributed by atoms with E-state index in [9.17, 15) is 4.79 Å². The first kappa shape index (κ1) is 14.6. The van der Waals surface area contributed by atoms with E-state index >= 15 is 0 Å². The van der Waals surface area contributed by atoms with Crippen LogP contribution in [0.4, 0.5) is 5.69 Å². The molecule has 1 N–H and O–H groups in total. The summed E-state index contributed by atoms with van der Waals surface area (Å²) in [4.78, 5) is 13.8. The highest BCUT2D eigenvalue weighted by molar-refractivity contribution is 6.30. The minimum absolute atomic E-state index is 0.0567. The van der Waals surface area contributed by atoms with Gasteiger partial charge in [0.05, 0.1) is 12.7 Å². The van der Waals surface area contributed by atoms with Crippen LogP contribution >= 0.6 is 11.6 Å². The Labute approximate surface area is 123 Å². The molecule has 0 unspecified atom stereocenters. The average Bonchev–Trinajstić information content (AvgIpc) is 2.77. The zero-order chi connectivity index (χ0) is 14.5. The summed E-state index contributed by atoms with van der Waals surface area (Å²) in [6, 6.07) is 7.05. The summed E-state index contributed by atoms with van der Waals surface area (Å²) in [5.41, 5.74) is 1.82. The van der Waals surface area contributed by atoms with Gasteiger partial charge in [0, 0.05) is 36.1 Å². The Balaban J connectivity index is 1.83. The van der Waals surface area contributed by atoms with Crippen molar-refractivity contribution < 1.29 is 4.79 Å². The minimum Gasteiger partial charge on any atom is -0.325 e. The first-order chi connectivity index (χ1) is 9.52. The zero-order valence-electron chi connectivity index (χ0n) is 11.5. The highest BCUT2D eigenvalue weighted by Gasteiger charge is 2.08. The van der Waals surface area contributed by atoms with Crippen LogP contribution in [0.1, 0.15) is 5.56 Å². The molecular weight excluding hydrogens is 276 g/mol. The van der Waals surface area contributed by atoms with Crippen LogP contribution in [0.15, 0.2) is 36.7 Å². The maximum absolute atomic E-state index is 11.9. The van der Waals surface area contributed by atoms with Crippen molar-refractivity contribution in [3.63, 3.8) is 0 Å². The molecule has 106 valence electrons. The van der Waals surface area contributed by atoms with Gasteiger partial charge in [-0.2, -0.15) is 5.10 Å². The van der Waals surface area contributed by atoms with E-state index in [2.05, 4.69) is 10.4 Å². The monoisotopic (exact) mass is 292 g/mol. The number of nitrogens with one attached hydrogen (secondary N) is 1. The fraction of sp³-hybridized carbons (Fsp3) is 0.286. The summed E-state index contributed by atoms with van der Waals surface area (Å²) in [6.07, 6.45) is 3.74. The lowest BCUT2D eigenvalue weighted by Crippen LogP contribution is -2.29. The number of nitrogens with zero attached hydrogens (tertiary/aromatic N) is 3. The number of hydrogen-bond acceptors (Lipinski definition) is 3. The van der Waals surface area contributed by atoms with E-state index in [1.807, 2.05) is 25.2 Å². The van der Waals surface area contributed by atoms with Crippen molar-refractivity contribution in [2.24, 2.45) is 7.05 Å². The molecule has 1 aromatic carbocycles. The summed E-state index contributed by atoms with van der Waals surface area (Å²) >= 11 is 5.80. The molecule has 0 aliphatic rings. The van der Waals surface area contributed by atoms with Crippen LogP contribution in [0.3, 0.4) is 0 Å². The van der Waals surface area contributed by atoms with Gasteiger partial charge in [-0.05, 0) is 31.3 Å². The van der Waals surface area contributed by atoms with Crippen LogP contribution < -0.4 is 5.32 Å². The fourth-order valence-electron chi connectivity index (χ4n) is 1.90. The number of halogens is 1. The molecule has 0 aliphatic carbocycles. The summed E-state index contributed by atoms with van der Waals surface area (Å²) in [5, 5.41) is 7.58. The summed E-state index contributed by atoms with van der Waals surface area (Å²) in [5.74, 6) is -0.0567. The van der Waals surface area contributed by atoms with E-state index in [-0.39, 0.29) is 5.91 Å². The molecule has 0 fully saturated rings. The molecule has 0 saturated heterocycles.